The van der Waals surface area contributed by atoms with Gasteiger partial charge < -0.3 is 9.72 Å². The summed E-state index contributed by atoms with van der Waals surface area (Å²) < 4.78 is 19.4. The molecule has 0 radical (unpaired) electrons. The van der Waals surface area contributed by atoms with Crippen LogP contribution in [-0.2, 0) is 16.1 Å². The molecule has 28 heavy (non-hydrogen) atoms. The van der Waals surface area contributed by atoms with Gasteiger partial charge in [0, 0.05) is 36.8 Å². The molecule has 0 bridgehead atoms. The fourth-order valence-corrected chi connectivity index (χ4v) is 4.72. The molecule has 148 valence electrons. The van der Waals surface area contributed by atoms with Crippen molar-refractivity contribution in [2.24, 2.45) is 23.7 Å². The maximum atomic E-state index is 14.1. The quantitative estimate of drug-likeness (QED) is 0.650. The lowest BCUT2D eigenvalue weighted by atomic mass is 9.72. The number of H-pyrrole nitrogens is 1. The van der Waals surface area contributed by atoms with Gasteiger partial charge in [0.2, 0.25) is 0 Å². The van der Waals surface area contributed by atoms with Gasteiger partial charge in [-0.3, -0.25) is 14.5 Å². The first-order valence-electron chi connectivity index (χ1n) is 9.85. The number of aromatic amines is 1. The van der Waals surface area contributed by atoms with Gasteiger partial charge in [-0.1, -0.05) is 25.1 Å². The largest absolute Gasteiger partial charge is 0.466 e. The molecular weight excluding hydrogens is 359 g/mol. The van der Waals surface area contributed by atoms with Crippen LogP contribution < -0.4 is 5.43 Å². The van der Waals surface area contributed by atoms with Crippen molar-refractivity contribution in [2.45, 2.75) is 20.4 Å². The number of likely N-dealkylation sites (tertiary alicyclic amines) is 1. The molecular formula is C22H25FN2O3. The fraction of sp³-hybridized carbons (Fsp3) is 0.455. The molecule has 4 rings (SSSR count). The number of carbonyl (C=O) groups is 1. The number of benzene rings is 1. The standard InChI is InChI=1S/C22H25FN2O3/c1-3-28-22(27)20-13(2)7-8-14-10-25(12-17(14)20)11-15-9-19(26)16-5-4-6-18(23)21(16)24-15/h4-9,13-14,17,20H,3,10-12H2,1-2H3,(H,24,26)/t13-,14-,17+,20+/m0/s1. The van der Waals surface area contributed by atoms with E-state index in [1.54, 1.807) is 18.2 Å². The predicted molar refractivity (Wildman–Crippen MR) is 105 cm³/mol. The first-order valence-corrected chi connectivity index (χ1v) is 9.85. The van der Waals surface area contributed by atoms with Crippen LogP contribution in [-0.4, -0.2) is 35.5 Å². The van der Waals surface area contributed by atoms with Crippen LogP contribution in [0.3, 0.4) is 0 Å². The van der Waals surface area contributed by atoms with Gasteiger partial charge in [0.15, 0.2) is 5.43 Å². The van der Waals surface area contributed by atoms with Crippen LogP contribution in [0.2, 0.25) is 0 Å². The van der Waals surface area contributed by atoms with E-state index in [4.69, 9.17) is 4.74 Å². The number of para-hydroxylation sites is 1. The van der Waals surface area contributed by atoms with Crippen molar-refractivity contribution in [3.8, 4) is 0 Å². The highest BCUT2D eigenvalue weighted by Gasteiger charge is 2.44. The number of ether oxygens (including phenoxy) is 1. The number of fused-ring (bicyclic) bond motifs is 2. The monoisotopic (exact) mass is 384 g/mol. The second kappa shape index (κ2) is 7.51. The molecule has 1 aliphatic carbocycles. The Hall–Kier alpha value is -2.47. The van der Waals surface area contributed by atoms with Gasteiger partial charge in [-0.05, 0) is 36.8 Å². The third kappa shape index (κ3) is 3.37. The Balaban J connectivity index is 1.56. The number of nitrogens with zero attached hydrogens (tertiary/aromatic N) is 1. The van der Waals surface area contributed by atoms with Crippen molar-refractivity contribution in [1.82, 2.24) is 9.88 Å². The lowest BCUT2D eigenvalue weighted by Gasteiger charge is -2.32. The third-order valence-electron chi connectivity index (χ3n) is 6.00. The summed E-state index contributed by atoms with van der Waals surface area (Å²) in [5.74, 6) is -0.0663. The number of carbonyl (C=O) groups excluding carboxylic acids is 1. The Labute approximate surface area is 163 Å². The molecule has 1 fully saturated rings. The van der Waals surface area contributed by atoms with Crippen molar-refractivity contribution in [3.63, 3.8) is 0 Å². The number of allylic oxidation sites excluding steroid dienone is 1. The first kappa shape index (κ1) is 18.9. The molecule has 0 amide bonds. The average Bonchev–Trinajstić information content (AvgIpc) is 3.05. The van der Waals surface area contributed by atoms with E-state index in [0.717, 1.165) is 13.1 Å². The Bertz CT molecular complexity index is 983. The number of esters is 1. The lowest BCUT2D eigenvalue weighted by molar-refractivity contribution is -0.152. The SMILES string of the molecule is CCOC(=O)[C@H]1[C@@H]2CN(Cc3cc(=O)c4cccc(F)c4[nH]3)C[C@@H]2C=C[C@@H]1C. The zero-order chi connectivity index (χ0) is 19.8. The van der Waals surface area contributed by atoms with Gasteiger partial charge in [-0.15, -0.1) is 0 Å². The molecule has 6 heteroatoms. The van der Waals surface area contributed by atoms with Crippen LogP contribution in [0.15, 0.2) is 41.2 Å². The van der Waals surface area contributed by atoms with E-state index in [2.05, 4.69) is 29.0 Å². The van der Waals surface area contributed by atoms with Crippen molar-refractivity contribution < 1.29 is 13.9 Å². The summed E-state index contributed by atoms with van der Waals surface area (Å²) in [4.78, 5) is 30.1. The summed E-state index contributed by atoms with van der Waals surface area (Å²) in [6.45, 7) is 6.35. The minimum atomic E-state index is -0.425. The zero-order valence-corrected chi connectivity index (χ0v) is 16.2. The van der Waals surface area contributed by atoms with Gasteiger partial charge in [0.25, 0.3) is 0 Å². The summed E-state index contributed by atoms with van der Waals surface area (Å²) >= 11 is 0. The fourth-order valence-electron chi connectivity index (χ4n) is 4.72. The zero-order valence-electron chi connectivity index (χ0n) is 16.2. The van der Waals surface area contributed by atoms with Crippen molar-refractivity contribution in [3.05, 3.63) is 58.2 Å². The average molecular weight is 384 g/mol. The molecule has 0 spiro atoms. The molecule has 5 nitrogen and oxygen atoms in total. The van der Waals surface area contributed by atoms with Gasteiger partial charge in [0.1, 0.15) is 5.82 Å². The van der Waals surface area contributed by atoms with Crippen LogP contribution >= 0.6 is 0 Å². The minimum Gasteiger partial charge on any atom is -0.466 e. The number of pyridine rings is 1. The lowest BCUT2D eigenvalue weighted by Crippen LogP contribution is -2.37. The molecule has 2 aromatic rings. The highest BCUT2D eigenvalue weighted by molar-refractivity contribution is 5.79. The molecule has 1 aromatic heterocycles. The van der Waals surface area contributed by atoms with E-state index in [-0.39, 0.29) is 40.6 Å². The number of rotatable bonds is 4. The second-order valence-electron chi connectivity index (χ2n) is 7.86. The number of hydrogen-bond acceptors (Lipinski definition) is 4. The molecule has 0 saturated carbocycles. The van der Waals surface area contributed by atoms with Crippen LogP contribution in [0.5, 0.6) is 0 Å². The number of hydrogen-bond donors (Lipinski definition) is 1. The third-order valence-corrected chi connectivity index (χ3v) is 6.00. The number of aromatic nitrogens is 1. The highest BCUT2D eigenvalue weighted by atomic mass is 19.1. The Morgan fingerprint density at radius 1 is 1.32 bits per heavy atom. The molecule has 1 aromatic carbocycles. The summed E-state index contributed by atoms with van der Waals surface area (Å²) in [5.41, 5.74) is 0.753. The van der Waals surface area contributed by atoms with Crippen molar-refractivity contribution in [1.29, 1.82) is 0 Å². The molecule has 4 atom stereocenters. The van der Waals surface area contributed by atoms with Gasteiger partial charge in [-0.2, -0.15) is 0 Å². The summed E-state index contributed by atoms with van der Waals surface area (Å²) in [5, 5.41) is 0.359. The van der Waals surface area contributed by atoms with E-state index in [1.165, 1.54) is 6.07 Å². The second-order valence-corrected chi connectivity index (χ2v) is 7.86. The summed E-state index contributed by atoms with van der Waals surface area (Å²) in [7, 11) is 0. The Morgan fingerprint density at radius 3 is 2.93 bits per heavy atom. The summed E-state index contributed by atoms with van der Waals surface area (Å²) in [6, 6.07) is 6.07. The normalized spacial score (nSPS) is 27.1. The molecule has 1 aliphatic heterocycles. The van der Waals surface area contributed by atoms with Crippen molar-refractivity contribution in [2.75, 3.05) is 19.7 Å². The first-order chi connectivity index (χ1) is 13.5. The maximum absolute atomic E-state index is 14.1. The topological polar surface area (TPSA) is 62.4 Å². The minimum absolute atomic E-state index is 0.127. The van der Waals surface area contributed by atoms with Crippen LogP contribution in [0.4, 0.5) is 4.39 Å². The number of halogens is 1. The van der Waals surface area contributed by atoms with E-state index >= 15 is 0 Å². The smallest absolute Gasteiger partial charge is 0.309 e. The Kier molecular flexibility index (Phi) is 5.06. The van der Waals surface area contributed by atoms with E-state index in [9.17, 15) is 14.0 Å². The van der Waals surface area contributed by atoms with Gasteiger partial charge >= 0.3 is 5.97 Å². The van der Waals surface area contributed by atoms with Crippen LogP contribution in [0, 0.1) is 29.5 Å². The van der Waals surface area contributed by atoms with Crippen molar-refractivity contribution >= 4 is 16.9 Å². The van der Waals surface area contributed by atoms with E-state index in [1.807, 2.05) is 6.92 Å². The molecule has 2 heterocycles. The van der Waals surface area contributed by atoms with E-state index in [0.29, 0.717) is 24.2 Å². The van der Waals surface area contributed by atoms with Crippen LogP contribution in [0.25, 0.3) is 10.9 Å². The van der Waals surface area contributed by atoms with Crippen LogP contribution in [0.1, 0.15) is 19.5 Å². The molecule has 1 saturated heterocycles. The summed E-state index contributed by atoms with van der Waals surface area (Å²) in [6.07, 6.45) is 4.31. The molecule has 1 N–H and O–H groups in total. The van der Waals surface area contributed by atoms with Gasteiger partial charge in [-0.25, -0.2) is 4.39 Å². The molecule has 0 unspecified atom stereocenters. The predicted octanol–water partition coefficient (Wildman–Crippen LogP) is 3.10. The Morgan fingerprint density at radius 2 is 2.14 bits per heavy atom. The highest BCUT2D eigenvalue weighted by Crippen LogP contribution is 2.40. The maximum Gasteiger partial charge on any atom is 0.309 e. The molecule has 2 aliphatic rings. The van der Waals surface area contributed by atoms with E-state index < -0.39 is 5.82 Å². The van der Waals surface area contributed by atoms with Gasteiger partial charge in [0.05, 0.1) is 18.0 Å². The number of nitrogens with one attached hydrogen (secondary N) is 1.